The van der Waals surface area contributed by atoms with E-state index in [-0.39, 0.29) is 28.7 Å². The number of benzene rings is 3. The second kappa shape index (κ2) is 11.5. The SMILES string of the molecule is COc1cccc(CN2CC(c3cccc(Cl)c3F)C(C#N)C2C)c1.Fc1cccc(Cl)c1. The van der Waals surface area contributed by atoms with E-state index in [1.165, 1.54) is 18.2 Å². The Hall–Kier alpha value is -2.65. The van der Waals surface area contributed by atoms with E-state index in [0.717, 1.165) is 11.3 Å². The summed E-state index contributed by atoms with van der Waals surface area (Å²) in [7, 11) is 1.64. The van der Waals surface area contributed by atoms with E-state index < -0.39 is 5.82 Å². The van der Waals surface area contributed by atoms with Gasteiger partial charge in [-0.2, -0.15) is 5.26 Å². The predicted octanol–water partition coefficient (Wildman–Crippen LogP) is 7.09. The van der Waals surface area contributed by atoms with Crippen molar-refractivity contribution >= 4 is 23.2 Å². The van der Waals surface area contributed by atoms with Gasteiger partial charge in [-0.1, -0.05) is 53.5 Å². The Kier molecular flexibility index (Phi) is 8.68. The molecule has 0 bridgehead atoms. The van der Waals surface area contributed by atoms with Crippen LogP contribution < -0.4 is 4.74 Å². The van der Waals surface area contributed by atoms with Crippen molar-refractivity contribution in [1.29, 1.82) is 5.26 Å². The van der Waals surface area contributed by atoms with Gasteiger partial charge in [-0.15, -0.1) is 0 Å². The van der Waals surface area contributed by atoms with Gasteiger partial charge in [0.1, 0.15) is 17.4 Å². The first kappa shape index (κ1) is 25.0. The first-order valence-electron chi connectivity index (χ1n) is 10.5. The van der Waals surface area contributed by atoms with Crippen molar-refractivity contribution in [2.75, 3.05) is 13.7 Å². The lowest BCUT2D eigenvalue weighted by Crippen LogP contribution is -2.29. The van der Waals surface area contributed by atoms with Crippen LogP contribution in [0.25, 0.3) is 0 Å². The first-order chi connectivity index (χ1) is 15.8. The molecule has 1 fully saturated rings. The lowest BCUT2D eigenvalue weighted by atomic mass is 9.86. The van der Waals surface area contributed by atoms with Crippen molar-refractivity contribution in [1.82, 2.24) is 4.90 Å². The number of ether oxygens (including phenoxy) is 1. The van der Waals surface area contributed by atoms with Crippen LogP contribution in [-0.4, -0.2) is 24.6 Å². The molecule has 3 nitrogen and oxygen atoms in total. The third-order valence-electron chi connectivity index (χ3n) is 5.80. The fourth-order valence-electron chi connectivity index (χ4n) is 4.07. The second-order valence-electron chi connectivity index (χ2n) is 7.87. The van der Waals surface area contributed by atoms with Crippen LogP contribution in [-0.2, 0) is 6.54 Å². The molecule has 0 spiro atoms. The van der Waals surface area contributed by atoms with Crippen molar-refractivity contribution in [3.05, 3.63) is 99.5 Å². The van der Waals surface area contributed by atoms with Gasteiger partial charge in [0, 0.05) is 30.1 Å². The topological polar surface area (TPSA) is 36.3 Å². The predicted molar refractivity (Wildman–Crippen MR) is 128 cm³/mol. The van der Waals surface area contributed by atoms with Crippen LogP contribution in [0.4, 0.5) is 8.78 Å². The molecule has 33 heavy (non-hydrogen) atoms. The summed E-state index contributed by atoms with van der Waals surface area (Å²) in [6.45, 7) is 3.33. The summed E-state index contributed by atoms with van der Waals surface area (Å²) >= 11 is 11.3. The monoisotopic (exact) mass is 488 g/mol. The lowest BCUT2D eigenvalue weighted by molar-refractivity contribution is 0.247. The Labute approximate surface area is 203 Å². The van der Waals surface area contributed by atoms with Crippen molar-refractivity contribution in [3.63, 3.8) is 0 Å². The van der Waals surface area contributed by atoms with Crippen LogP contribution in [0.15, 0.2) is 66.7 Å². The Morgan fingerprint density at radius 1 is 1.06 bits per heavy atom. The lowest BCUT2D eigenvalue weighted by Gasteiger charge is -2.22. The summed E-state index contributed by atoms with van der Waals surface area (Å²) in [5, 5.41) is 10.2. The number of halogens is 4. The minimum atomic E-state index is -0.412. The number of nitriles is 1. The molecule has 0 radical (unpaired) electrons. The minimum Gasteiger partial charge on any atom is -0.497 e. The Bertz CT molecular complexity index is 1120. The molecule has 1 heterocycles. The number of rotatable bonds is 4. The zero-order valence-corrected chi connectivity index (χ0v) is 19.8. The molecule has 1 aliphatic heterocycles. The van der Waals surface area contributed by atoms with Crippen LogP contribution in [0, 0.1) is 28.9 Å². The molecule has 1 saturated heterocycles. The Morgan fingerprint density at radius 3 is 2.42 bits per heavy atom. The van der Waals surface area contributed by atoms with E-state index >= 15 is 0 Å². The van der Waals surface area contributed by atoms with E-state index in [1.807, 2.05) is 31.2 Å². The van der Waals surface area contributed by atoms with Crippen LogP contribution in [0.1, 0.15) is 24.0 Å². The Balaban J connectivity index is 0.000000323. The van der Waals surface area contributed by atoms with Gasteiger partial charge in [-0.3, -0.25) is 4.90 Å². The number of hydrogen-bond acceptors (Lipinski definition) is 3. The van der Waals surface area contributed by atoms with Crippen molar-refractivity contribution in [2.24, 2.45) is 5.92 Å². The molecular weight excluding hydrogens is 465 g/mol. The fraction of sp³-hybridized carbons (Fsp3) is 0.269. The second-order valence-corrected chi connectivity index (χ2v) is 8.71. The smallest absolute Gasteiger partial charge is 0.145 e. The van der Waals surface area contributed by atoms with Gasteiger partial charge >= 0.3 is 0 Å². The third-order valence-corrected chi connectivity index (χ3v) is 6.32. The highest BCUT2D eigenvalue weighted by Crippen LogP contribution is 2.39. The number of methoxy groups -OCH3 is 1. The summed E-state index contributed by atoms with van der Waals surface area (Å²) in [5.74, 6) is -0.371. The molecule has 3 unspecified atom stereocenters. The minimum absolute atomic E-state index is 0.0274. The van der Waals surface area contributed by atoms with E-state index in [4.69, 9.17) is 27.9 Å². The van der Waals surface area contributed by atoms with Gasteiger partial charge in [0.2, 0.25) is 0 Å². The average molecular weight is 489 g/mol. The van der Waals surface area contributed by atoms with Crippen LogP contribution in [0.2, 0.25) is 10.0 Å². The van der Waals surface area contributed by atoms with E-state index in [2.05, 4.69) is 11.0 Å². The molecule has 1 aliphatic rings. The average Bonchev–Trinajstić information content (AvgIpc) is 3.11. The number of hydrogen-bond donors (Lipinski definition) is 0. The van der Waals surface area contributed by atoms with Gasteiger partial charge in [0.25, 0.3) is 0 Å². The molecule has 0 amide bonds. The van der Waals surface area contributed by atoms with Gasteiger partial charge < -0.3 is 4.74 Å². The summed E-state index contributed by atoms with van der Waals surface area (Å²) in [6.07, 6.45) is 0. The maximum Gasteiger partial charge on any atom is 0.145 e. The van der Waals surface area contributed by atoms with Crippen molar-refractivity contribution in [3.8, 4) is 11.8 Å². The summed E-state index contributed by atoms with van der Waals surface area (Å²) < 4.78 is 31.8. The van der Waals surface area contributed by atoms with Gasteiger partial charge in [0.05, 0.1) is 24.1 Å². The van der Waals surface area contributed by atoms with Crippen molar-refractivity contribution < 1.29 is 13.5 Å². The van der Waals surface area contributed by atoms with Crippen LogP contribution in [0.3, 0.4) is 0 Å². The molecule has 3 aromatic rings. The molecule has 3 atom stereocenters. The third kappa shape index (κ3) is 6.23. The maximum absolute atomic E-state index is 14.5. The standard InChI is InChI=1S/C20H20ClFN2O.C6H4ClF/c1-13-17(10-23)18(16-7-4-8-19(21)20(16)22)12-24(13)11-14-5-3-6-15(9-14)25-2;7-5-2-1-3-6(8)4-5/h3-9,13,17-18H,11-12H2,1-2H3;1-4H. The van der Waals surface area contributed by atoms with E-state index in [9.17, 15) is 14.0 Å². The van der Waals surface area contributed by atoms with Crippen LogP contribution >= 0.6 is 23.2 Å². The largest absolute Gasteiger partial charge is 0.497 e. The van der Waals surface area contributed by atoms with Crippen molar-refractivity contribution in [2.45, 2.75) is 25.4 Å². The molecular formula is C26H24Cl2F2N2O. The summed E-state index contributed by atoms with van der Waals surface area (Å²) in [6, 6.07) is 21.1. The molecule has 0 saturated carbocycles. The Morgan fingerprint density at radius 2 is 1.79 bits per heavy atom. The van der Waals surface area contributed by atoms with E-state index in [1.54, 1.807) is 31.4 Å². The summed E-state index contributed by atoms with van der Waals surface area (Å²) in [5.41, 5.74) is 1.63. The quantitative estimate of drug-likeness (QED) is 0.393. The highest BCUT2D eigenvalue weighted by atomic mass is 35.5. The molecule has 0 aliphatic carbocycles. The van der Waals surface area contributed by atoms with Gasteiger partial charge in [-0.25, -0.2) is 8.78 Å². The summed E-state index contributed by atoms with van der Waals surface area (Å²) in [4.78, 5) is 2.22. The highest BCUT2D eigenvalue weighted by Gasteiger charge is 2.41. The normalized spacial score (nSPS) is 20.0. The molecule has 4 rings (SSSR count). The first-order valence-corrected chi connectivity index (χ1v) is 11.2. The van der Waals surface area contributed by atoms with E-state index in [0.29, 0.717) is 23.7 Å². The maximum atomic E-state index is 14.5. The molecule has 172 valence electrons. The zero-order chi connectivity index (χ0) is 24.0. The van der Waals surface area contributed by atoms with Crippen LogP contribution in [0.5, 0.6) is 5.75 Å². The van der Waals surface area contributed by atoms with Gasteiger partial charge in [0.15, 0.2) is 0 Å². The highest BCUT2D eigenvalue weighted by molar-refractivity contribution is 6.31. The molecule has 3 aromatic carbocycles. The molecule has 0 N–H and O–H groups in total. The fourth-order valence-corrected chi connectivity index (χ4v) is 4.42. The number of nitrogens with zero attached hydrogens (tertiary/aromatic N) is 2. The van der Waals surface area contributed by atoms with Gasteiger partial charge in [-0.05, 0) is 54.4 Å². The molecule has 7 heteroatoms. The number of likely N-dealkylation sites (tertiary alicyclic amines) is 1. The molecule has 0 aromatic heterocycles. The zero-order valence-electron chi connectivity index (χ0n) is 18.3.